The minimum Gasteiger partial charge on any atom is -0.453 e. The second-order valence-electron chi connectivity index (χ2n) is 4.64. The number of ether oxygens (including phenoxy) is 1. The van der Waals surface area contributed by atoms with Crippen molar-refractivity contribution in [3.8, 4) is 11.5 Å². The lowest BCUT2D eigenvalue weighted by molar-refractivity contribution is 0.475. The molecule has 0 fully saturated rings. The summed E-state index contributed by atoms with van der Waals surface area (Å²) in [4.78, 5) is 4.13. The van der Waals surface area contributed by atoms with Crippen LogP contribution in [0.5, 0.6) is 11.5 Å². The number of nitrogen functional groups attached to an aromatic ring is 1. The van der Waals surface area contributed by atoms with Crippen LogP contribution in [0, 0.1) is 6.92 Å². The van der Waals surface area contributed by atoms with Crippen molar-refractivity contribution in [2.45, 2.75) is 11.8 Å². The Morgan fingerprint density at radius 2 is 1.81 bits per heavy atom. The van der Waals surface area contributed by atoms with E-state index in [1.165, 1.54) is 20.2 Å². The second-order valence-corrected chi connectivity index (χ2v) is 6.76. The number of aryl methyl sites for hydroxylation is 1. The third-order valence-electron chi connectivity index (χ3n) is 2.96. The zero-order valence-electron chi connectivity index (χ0n) is 12.1. The number of nitrogens with two attached hydrogens (primary N) is 1. The van der Waals surface area contributed by atoms with Gasteiger partial charge >= 0.3 is 0 Å². The summed E-state index contributed by atoms with van der Waals surface area (Å²) in [6, 6.07) is 8.14. The average molecular weight is 307 g/mol. The quantitative estimate of drug-likeness (QED) is 0.873. The van der Waals surface area contributed by atoms with E-state index in [2.05, 4.69) is 4.98 Å². The summed E-state index contributed by atoms with van der Waals surface area (Å²) < 4.78 is 31.2. The normalized spacial score (nSPS) is 11.6. The smallest absolute Gasteiger partial charge is 0.244 e. The molecule has 1 aromatic carbocycles. The van der Waals surface area contributed by atoms with Crippen LogP contribution in [-0.2, 0) is 10.0 Å². The molecule has 1 heterocycles. The maximum absolute atomic E-state index is 12.2. The lowest BCUT2D eigenvalue weighted by Crippen LogP contribution is -2.23. The van der Waals surface area contributed by atoms with E-state index in [4.69, 9.17) is 10.5 Å². The average Bonchev–Trinajstić information content (AvgIpc) is 2.43. The number of rotatable bonds is 4. The maximum Gasteiger partial charge on any atom is 0.244 e. The zero-order valence-corrected chi connectivity index (χ0v) is 12.9. The number of aromatic nitrogens is 1. The highest BCUT2D eigenvalue weighted by Gasteiger charge is 2.22. The molecule has 1 aromatic heterocycles. The molecule has 2 rings (SSSR count). The molecule has 7 heteroatoms. The Kier molecular flexibility index (Phi) is 4.15. The molecule has 0 aliphatic rings. The third kappa shape index (κ3) is 2.98. The van der Waals surface area contributed by atoms with E-state index in [1.54, 1.807) is 37.4 Å². The number of nitrogens with zero attached hydrogens (tertiary/aromatic N) is 2. The van der Waals surface area contributed by atoms with Crippen LogP contribution in [-0.4, -0.2) is 31.8 Å². The van der Waals surface area contributed by atoms with Crippen molar-refractivity contribution in [2.75, 3.05) is 19.8 Å². The van der Waals surface area contributed by atoms with E-state index in [-0.39, 0.29) is 16.3 Å². The van der Waals surface area contributed by atoms with Crippen molar-refractivity contribution < 1.29 is 13.2 Å². The molecular formula is C14H17N3O3S. The molecule has 6 nitrogen and oxygen atoms in total. The molecule has 21 heavy (non-hydrogen) atoms. The van der Waals surface area contributed by atoms with Gasteiger partial charge in [0.15, 0.2) is 5.75 Å². The predicted octanol–water partition coefficient (Wildman–Crippen LogP) is 2.01. The van der Waals surface area contributed by atoms with E-state index in [0.717, 1.165) is 4.31 Å². The molecule has 0 amide bonds. The van der Waals surface area contributed by atoms with Crippen LogP contribution in [0.4, 0.5) is 5.69 Å². The van der Waals surface area contributed by atoms with Gasteiger partial charge in [-0.25, -0.2) is 12.7 Å². The monoisotopic (exact) mass is 307 g/mol. The van der Waals surface area contributed by atoms with Crippen molar-refractivity contribution in [3.63, 3.8) is 0 Å². The maximum atomic E-state index is 12.2. The van der Waals surface area contributed by atoms with Crippen molar-refractivity contribution in [1.82, 2.24) is 9.29 Å². The van der Waals surface area contributed by atoms with Crippen LogP contribution >= 0.6 is 0 Å². The molecule has 0 spiro atoms. The van der Waals surface area contributed by atoms with E-state index in [0.29, 0.717) is 11.4 Å². The highest BCUT2D eigenvalue weighted by molar-refractivity contribution is 7.89. The Bertz CT molecular complexity index is 758. The first kappa shape index (κ1) is 15.3. The third-order valence-corrected chi connectivity index (χ3v) is 4.84. The number of hydrogen-bond acceptors (Lipinski definition) is 5. The van der Waals surface area contributed by atoms with Gasteiger partial charge in [0.2, 0.25) is 10.0 Å². The SMILES string of the molecule is Cc1ncccc1Oc1cccc(S(=O)(=O)N(C)C)c1N. The molecule has 0 saturated heterocycles. The summed E-state index contributed by atoms with van der Waals surface area (Å²) in [6.07, 6.45) is 1.65. The highest BCUT2D eigenvalue weighted by Crippen LogP contribution is 2.33. The van der Waals surface area contributed by atoms with Crippen LogP contribution < -0.4 is 10.5 Å². The molecule has 0 aliphatic heterocycles. The summed E-state index contributed by atoms with van der Waals surface area (Å²) in [7, 11) is -0.716. The largest absolute Gasteiger partial charge is 0.453 e. The fourth-order valence-electron chi connectivity index (χ4n) is 1.73. The van der Waals surface area contributed by atoms with E-state index in [9.17, 15) is 8.42 Å². The summed E-state index contributed by atoms with van der Waals surface area (Å²) in [5, 5.41) is 0. The standard InChI is InChI=1S/C14H17N3O3S/c1-10-11(7-5-9-16-10)20-12-6-4-8-13(14(12)15)21(18,19)17(2)3/h4-9H,15H2,1-3H3. The first-order valence-electron chi connectivity index (χ1n) is 6.24. The topological polar surface area (TPSA) is 85.5 Å². The Balaban J connectivity index is 2.47. The summed E-state index contributed by atoms with van der Waals surface area (Å²) >= 11 is 0. The molecule has 0 radical (unpaired) electrons. The highest BCUT2D eigenvalue weighted by atomic mass is 32.2. The first-order valence-corrected chi connectivity index (χ1v) is 7.68. The molecule has 0 aliphatic carbocycles. The van der Waals surface area contributed by atoms with Crippen molar-refractivity contribution in [1.29, 1.82) is 0 Å². The number of hydrogen-bond donors (Lipinski definition) is 1. The van der Waals surface area contributed by atoms with Gasteiger partial charge in [0.1, 0.15) is 10.6 Å². The van der Waals surface area contributed by atoms with Crippen LogP contribution in [0.3, 0.4) is 0 Å². The molecular weight excluding hydrogens is 290 g/mol. The Morgan fingerprint density at radius 1 is 1.14 bits per heavy atom. The van der Waals surface area contributed by atoms with E-state index in [1.807, 2.05) is 0 Å². The van der Waals surface area contributed by atoms with Gasteiger partial charge in [-0.1, -0.05) is 6.07 Å². The molecule has 0 unspecified atom stereocenters. The first-order chi connectivity index (χ1) is 9.84. The van der Waals surface area contributed by atoms with Crippen LogP contribution in [0.2, 0.25) is 0 Å². The summed E-state index contributed by atoms with van der Waals surface area (Å²) in [5.41, 5.74) is 6.72. The van der Waals surface area contributed by atoms with E-state index < -0.39 is 10.0 Å². The summed E-state index contributed by atoms with van der Waals surface area (Å²) in [6.45, 7) is 1.80. The van der Waals surface area contributed by atoms with Crippen molar-refractivity contribution >= 4 is 15.7 Å². The Hall–Kier alpha value is -2.12. The van der Waals surface area contributed by atoms with Gasteiger partial charge in [-0.15, -0.1) is 0 Å². The van der Waals surface area contributed by atoms with Gasteiger partial charge in [0.05, 0.1) is 11.4 Å². The predicted molar refractivity (Wildman–Crippen MR) is 80.8 cm³/mol. The van der Waals surface area contributed by atoms with Crippen molar-refractivity contribution in [2.24, 2.45) is 0 Å². The zero-order chi connectivity index (χ0) is 15.6. The van der Waals surface area contributed by atoms with Gasteiger partial charge in [0.25, 0.3) is 0 Å². The minimum absolute atomic E-state index is 0.0199. The fourth-order valence-corrected chi connectivity index (χ4v) is 2.75. The van der Waals surface area contributed by atoms with Gasteiger partial charge in [-0.05, 0) is 31.2 Å². The van der Waals surface area contributed by atoms with Crippen LogP contribution in [0.1, 0.15) is 5.69 Å². The molecule has 2 aromatic rings. The number of benzene rings is 1. The minimum atomic E-state index is -3.62. The molecule has 0 atom stereocenters. The lowest BCUT2D eigenvalue weighted by atomic mass is 10.3. The number of sulfonamides is 1. The van der Waals surface area contributed by atoms with Crippen LogP contribution in [0.15, 0.2) is 41.4 Å². The van der Waals surface area contributed by atoms with Gasteiger partial charge in [0, 0.05) is 20.3 Å². The number of para-hydroxylation sites is 1. The lowest BCUT2D eigenvalue weighted by Gasteiger charge is -2.16. The fraction of sp³-hybridized carbons (Fsp3) is 0.214. The Morgan fingerprint density at radius 3 is 2.43 bits per heavy atom. The number of anilines is 1. The molecule has 0 saturated carbocycles. The summed E-state index contributed by atoms with van der Waals surface area (Å²) in [5.74, 6) is 0.817. The Labute approximate surface area is 124 Å². The van der Waals surface area contributed by atoms with Gasteiger partial charge in [-0.3, -0.25) is 4.98 Å². The van der Waals surface area contributed by atoms with Gasteiger partial charge in [-0.2, -0.15) is 0 Å². The second kappa shape index (κ2) is 5.71. The molecule has 0 bridgehead atoms. The van der Waals surface area contributed by atoms with E-state index >= 15 is 0 Å². The van der Waals surface area contributed by atoms with Gasteiger partial charge < -0.3 is 10.5 Å². The molecule has 112 valence electrons. The number of pyridine rings is 1. The van der Waals surface area contributed by atoms with Crippen molar-refractivity contribution in [3.05, 3.63) is 42.2 Å². The molecule has 2 N–H and O–H groups in total. The van der Waals surface area contributed by atoms with Crippen LogP contribution in [0.25, 0.3) is 0 Å².